The highest BCUT2D eigenvalue weighted by molar-refractivity contribution is 7.47. The molecule has 0 heterocycles. The molecule has 0 rings (SSSR count). The van der Waals surface area contributed by atoms with Gasteiger partial charge in [0, 0.05) is 19.4 Å². The van der Waals surface area contributed by atoms with E-state index in [1.807, 2.05) is 0 Å². The van der Waals surface area contributed by atoms with Crippen molar-refractivity contribution in [3.63, 3.8) is 0 Å². The molecule has 0 aliphatic carbocycles. The summed E-state index contributed by atoms with van der Waals surface area (Å²) in [4.78, 5) is 34.6. The Morgan fingerprint density at radius 2 is 1.13 bits per heavy atom. The standard InChI is InChI=1S/C37H68NO8P/c1-3-5-7-9-11-13-15-16-17-18-20-21-23-25-27-29-36(39)43-33-35(34-45-47(41,42)44-32-31-38)46-37(40)30-28-26-24-22-19-14-12-10-8-6-4-2/h10,12-13,15-17,35H,3-9,11,14,18-34,38H2,1-2H3,(H,41,42)/b12-10+,15-13+,17-16+/t35-/m1/s1. The molecule has 10 heteroatoms. The minimum atomic E-state index is -4.37. The van der Waals surface area contributed by atoms with E-state index in [9.17, 15) is 19.0 Å². The number of carbonyl (C=O) groups excluding carboxylic acids is 2. The number of ether oxygens (including phenoxy) is 2. The summed E-state index contributed by atoms with van der Waals surface area (Å²) in [5.41, 5.74) is 5.32. The van der Waals surface area contributed by atoms with Crippen LogP contribution in [-0.2, 0) is 32.7 Å². The molecule has 9 nitrogen and oxygen atoms in total. The second-order valence-electron chi connectivity index (χ2n) is 12.1. The number of allylic oxidation sites excluding steroid dienone is 6. The van der Waals surface area contributed by atoms with E-state index < -0.39 is 32.5 Å². The van der Waals surface area contributed by atoms with Crippen molar-refractivity contribution in [3.8, 4) is 0 Å². The van der Waals surface area contributed by atoms with Gasteiger partial charge < -0.3 is 20.1 Å². The molecule has 0 aliphatic heterocycles. The smallest absolute Gasteiger partial charge is 0.462 e. The number of hydrogen-bond donors (Lipinski definition) is 2. The van der Waals surface area contributed by atoms with E-state index in [2.05, 4.69) is 50.3 Å². The average molecular weight is 686 g/mol. The molecule has 0 aliphatic rings. The normalized spacial score (nSPS) is 13.9. The van der Waals surface area contributed by atoms with Gasteiger partial charge in [0.15, 0.2) is 6.10 Å². The van der Waals surface area contributed by atoms with Crippen LogP contribution in [-0.4, -0.2) is 49.3 Å². The molecule has 0 aromatic rings. The maximum atomic E-state index is 12.5. The summed E-state index contributed by atoms with van der Waals surface area (Å²) in [6.45, 7) is 3.62. The Bertz CT molecular complexity index is 876. The van der Waals surface area contributed by atoms with Gasteiger partial charge in [0.1, 0.15) is 6.61 Å². The fourth-order valence-electron chi connectivity index (χ4n) is 4.72. The highest BCUT2D eigenvalue weighted by Gasteiger charge is 2.25. The predicted octanol–water partition coefficient (Wildman–Crippen LogP) is 9.82. The summed E-state index contributed by atoms with van der Waals surface area (Å²) in [5.74, 6) is -0.861. The molecule has 0 radical (unpaired) electrons. The Morgan fingerprint density at radius 1 is 0.638 bits per heavy atom. The van der Waals surface area contributed by atoms with Gasteiger partial charge in [-0.05, 0) is 57.8 Å². The Kier molecular flexibility index (Phi) is 32.8. The van der Waals surface area contributed by atoms with Gasteiger partial charge in [0.25, 0.3) is 0 Å². The number of carbonyl (C=O) groups is 2. The molecular weight excluding hydrogens is 617 g/mol. The van der Waals surface area contributed by atoms with Crippen LogP contribution in [0.3, 0.4) is 0 Å². The van der Waals surface area contributed by atoms with E-state index in [0.29, 0.717) is 12.8 Å². The van der Waals surface area contributed by atoms with Gasteiger partial charge in [-0.25, -0.2) is 4.57 Å². The number of esters is 2. The van der Waals surface area contributed by atoms with Crippen molar-refractivity contribution in [3.05, 3.63) is 36.5 Å². The van der Waals surface area contributed by atoms with Gasteiger partial charge in [-0.15, -0.1) is 0 Å². The van der Waals surface area contributed by atoms with E-state index in [1.165, 1.54) is 38.5 Å². The zero-order chi connectivity index (χ0) is 34.7. The van der Waals surface area contributed by atoms with E-state index in [4.69, 9.17) is 24.3 Å². The van der Waals surface area contributed by atoms with Gasteiger partial charge >= 0.3 is 19.8 Å². The van der Waals surface area contributed by atoms with Crippen molar-refractivity contribution in [1.29, 1.82) is 0 Å². The largest absolute Gasteiger partial charge is 0.472 e. The first-order chi connectivity index (χ1) is 22.8. The molecule has 2 atom stereocenters. The van der Waals surface area contributed by atoms with Crippen molar-refractivity contribution in [2.75, 3.05) is 26.4 Å². The van der Waals surface area contributed by atoms with Crippen LogP contribution in [0, 0.1) is 0 Å². The Balaban J connectivity index is 4.27. The number of nitrogens with two attached hydrogens (primary N) is 1. The fourth-order valence-corrected chi connectivity index (χ4v) is 5.49. The Hall–Kier alpha value is -1.77. The first kappa shape index (κ1) is 45.2. The van der Waals surface area contributed by atoms with Crippen LogP contribution in [0.15, 0.2) is 36.5 Å². The summed E-state index contributed by atoms with van der Waals surface area (Å²) < 4.78 is 32.6. The fraction of sp³-hybridized carbons (Fsp3) is 0.784. The SMILES string of the molecule is CCCC/C=C/CCCCCCCC(=O)O[C@H](COC(=O)CCCCCCC/C=C/C=C/CCCCCC)COP(=O)(O)OCCN. The van der Waals surface area contributed by atoms with Crippen molar-refractivity contribution in [2.24, 2.45) is 5.73 Å². The lowest BCUT2D eigenvalue weighted by Crippen LogP contribution is -2.29. The molecule has 0 amide bonds. The number of phosphoric ester groups is 1. The van der Waals surface area contributed by atoms with Crippen LogP contribution in [0.5, 0.6) is 0 Å². The van der Waals surface area contributed by atoms with E-state index in [0.717, 1.165) is 77.0 Å². The van der Waals surface area contributed by atoms with Crippen molar-refractivity contribution >= 4 is 19.8 Å². The first-order valence-corrected chi connectivity index (χ1v) is 20.0. The molecule has 0 fully saturated rings. The molecule has 274 valence electrons. The van der Waals surface area contributed by atoms with E-state index in [-0.39, 0.29) is 32.6 Å². The maximum Gasteiger partial charge on any atom is 0.472 e. The second kappa shape index (κ2) is 34.1. The molecular formula is C37H68NO8P. The molecule has 47 heavy (non-hydrogen) atoms. The van der Waals surface area contributed by atoms with Crippen LogP contribution < -0.4 is 5.73 Å². The van der Waals surface area contributed by atoms with Gasteiger partial charge in [0.2, 0.25) is 0 Å². The van der Waals surface area contributed by atoms with Crippen molar-refractivity contribution < 1.29 is 37.6 Å². The molecule has 3 N–H and O–H groups in total. The number of phosphoric acid groups is 1. The van der Waals surface area contributed by atoms with Crippen LogP contribution >= 0.6 is 7.82 Å². The Morgan fingerprint density at radius 3 is 1.70 bits per heavy atom. The summed E-state index contributed by atoms with van der Waals surface area (Å²) in [5, 5.41) is 0. The van der Waals surface area contributed by atoms with Crippen molar-refractivity contribution in [2.45, 2.75) is 161 Å². The summed E-state index contributed by atoms with van der Waals surface area (Å²) in [6, 6.07) is 0. The minimum Gasteiger partial charge on any atom is -0.462 e. The topological polar surface area (TPSA) is 134 Å². The molecule has 0 saturated carbocycles. The molecule has 0 aromatic carbocycles. The van der Waals surface area contributed by atoms with E-state index in [1.54, 1.807) is 0 Å². The first-order valence-electron chi connectivity index (χ1n) is 18.5. The van der Waals surface area contributed by atoms with Gasteiger partial charge in [-0.2, -0.15) is 0 Å². The predicted molar refractivity (Wildman–Crippen MR) is 192 cm³/mol. The highest BCUT2D eigenvalue weighted by Crippen LogP contribution is 2.43. The van der Waals surface area contributed by atoms with E-state index >= 15 is 0 Å². The zero-order valence-corrected chi connectivity index (χ0v) is 30.7. The molecule has 0 bridgehead atoms. The molecule has 1 unspecified atom stereocenters. The lowest BCUT2D eigenvalue weighted by atomic mass is 10.1. The summed E-state index contributed by atoms with van der Waals surface area (Å²) >= 11 is 0. The monoisotopic (exact) mass is 685 g/mol. The molecule has 0 spiro atoms. The minimum absolute atomic E-state index is 0.0492. The van der Waals surface area contributed by atoms with Crippen molar-refractivity contribution in [1.82, 2.24) is 0 Å². The quantitative estimate of drug-likeness (QED) is 0.0223. The Labute approximate surface area is 286 Å². The summed E-state index contributed by atoms with van der Waals surface area (Å²) in [7, 11) is -4.37. The lowest BCUT2D eigenvalue weighted by Gasteiger charge is -2.19. The van der Waals surface area contributed by atoms with Gasteiger partial charge in [0.05, 0.1) is 13.2 Å². The lowest BCUT2D eigenvalue weighted by molar-refractivity contribution is -0.161. The van der Waals surface area contributed by atoms with Gasteiger partial charge in [-0.3, -0.25) is 18.6 Å². The van der Waals surface area contributed by atoms with Crippen LogP contribution in [0.2, 0.25) is 0 Å². The van der Waals surface area contributed by atoms with Crippen LogP contribution in [0.1, 0.15) is 155 Å². The summed E-state index contributed by atoms with van der Waals surface area (Å²) in [6.07, 6.45) is 34.6. The molecule has 0 saturated heterocycles. The third kappa shape index (κ3) is 33.9. The second-order valence-corrected chi connectivity index (χ2v) is 13.6. The number of unbranched alkanes of at least 4 members (excludes halogenated alkanes) is 16. The number of rotatable bonds is 34. The third-order valence-corrected chi connectivity index (χ3v) is 8.51. The van der Waals surface area contributed by atoms with Crippen LogP contribution in [0.4, 0.5) is 0 Å². The zero-order valence-electron chi connectivity index (χ0n) is 29.8. The highest BCUT2D eigenvalue weighted by atomic mass is 31.2. The van der Waals surface area contributed by atoms with Gasteiger partial charge in [-0.1, -0.05) is 121 Å². The maximum absolute atomic E-state index is 12.5. The third-order valence-electron chi connectivity index (χ3n) is 7.53. The van der Waals surface area contributed by atoms with Crippen LogP contribution in [0.25, 0.3) is 0 Å². The molecule has 0 aromatic heterocycles. The average Bonchev–Trinajstić information content (AvgIpc) is 3.05. The number of hydrogen-bond acceptors (Lipinski definition) is 8.